The highest BCUT2D eigenvalue weighted by Crippen LogP contribution is 2.28. The maximum atomic E-state index is 12.5. The van der Waals surface area contributed by atoms with Crippen LogP contribution >= 0.6 is 0 Å². The zero-order valence-corrected chi connectivity index (χ0v) is 12.9. The van der Waals surface area contributed by atoms with E-state index >= 15 is 0 Å². The fraction of sp³-hybridized carbons (Fsp3) is 0.0526. The van der Waals surface area contributed by atoms with Crippen LogP contribution in [0, 0.1) is 0 Å². The van der Waals surface area contributed by atoms with Crippen LogP contribution in [0.15, 0.2) is 67.0 Å². The lowest BCUT2D eigenvalue weighted by atomic mass is 10.2. The lowest BCUT2D eigenvalue weighted by Gasteiger charge is -2.10. The number of fused-ring (bicyclic) bond motifs is 3. The number of nitrogen functional groups attached to an aromatic ring is 1. The van der Waals surface area contributed by atoms with Gasteiger partial charge >= 0.3 is 0 Å². The van der Waals surface area contributed by atoms with Crippen molar-refractivity contribution >= 4 is 39.1 Å². The first-order valence-corrected chi connectivity index (χ1v) is 7.69. The van der Waals surface area contributed by atoms with Crippen molar-refractivity contribution in [2.24, 2.45) is 0 Å². The van der Waals surface area contributed by atoms with Crippen LogP contribution in [-0.4, -0.2) is 15.5 Å². The molecule has 4 aromatic rings. The van der Waals surface area contributed by atoms with E-state index in [0.717, 1.165) is 21.8 Å². The number of anilines is 2. The van der Waals surface area contributed by atoms with Crippen LogP contribution in [0.4, 0.5) is 11.4 Å². The monoisotopic (exact) mass is 316 g/mol. The maximum Gasteiger partial charge on any atom is 0.244 e. The Bertz CT molecular complexity index is 998. The number of nitrogens with zero attached hydrogens (tertiary/aromatic N) is 2. The summed E-state index contributed by atoms with van der Waals surface area (Å²) in [5, 5.41) is 5.08. The average molecular weight is 316 g/mol. The summed E-state index contributed by atoms with van der Waals surface area (Å²) in [6, 6.07) is 17.2. The predicted molar refractivity (Wildman–Crippen MR) is 96.7 cm³/mol. The zero-order valence-electron chi connectivity index (χ0n) is 12.9. The first-order chi connectivity index (χ1) is 11.7. The normalized spacial score (nSPS) is 11.0. The summed E-state index contributed by atoms with van der Waals surface area (Å²) in [4.78, 5) is 16.7. The third-order valence-corrected chi connectivity index (χ3v) is 4.11. The maximum absolute atomic E-state index is 12.5. The van der Waals surface area contributed by atoms with E-state index in [1.54, 1.807) is 24.5 Å². The molecular formula is C19H16N4O. The quantitative estimate of drug-likeness (QED) is 0.569. The molecule has 0 fully saturated rings. The van der Waals surface area contributed by atoms with Gasteiger partial charge in [-0.3, -0.25) is 9.78 Å². The Morgan fingerprint density at radius 3 is 2.62 bits per heavy atom. The number of aromatic nitrogens is 2. The topological polar surface area (TPSA) is 72.9 Å². The molecule has 1 amide bonds. The largest absolute Gasteiger partial charge is 0.397 e. The summed E-state index contributed by atoms with van der Waals surface area (Å²) in [5.74, 6) is -0.126. The van der Waals surface area contributed by atoms with Crippen LogP contribution in [-0.2, 0) is 11.3 Å². The third kappa shape index (κ3) is 2.36. The van der Waals surface area contributed by atoms with E-state index in [4.69, 9.17) is 5.73 Å². The van der Waals surface area contributed by atoms with Crippen molar-refractivity contribution in [3.8, 4) is 0 Å². The van der Waals surface area contributed by atoms with Crippen molar-refractivity contribution in [3.05, 3.63) is 67.0 Å². The smallest absolute Gasteiger partial charge is 0.244 e. The first kappa shape index (κ1) is 14.3. The van der Waals surface area contributed by atoms with Crippen molar-refractivity contribution in [2.75, 3.05) is 11.1 Å². The fourth-order valence-electron chi connectivity index (χ4n) is 3.01. The number of hydrogen-bond donors (Lipinski definition) is 2. The van der Waals surface area contributed by atoms with Crippen LogP contribution in [0.1, 0.15) is 0 Å². The van der Waals surface area contributed by atoms with E-state index in [-0.39, 0.29) is 12.5 Å². The fourth-order valence-corrected chi connectivity index (χ4v) is 3.01. The number of para-hydroxylation sites is 3. The van der Waals surface area contributed by atoms with Gasteiger partial charge in [-0.1, -0.05) is 30.3 Å². The number of benzene rings is 2. The number of rotatable bonds is 3. The van der Waals surface area contributed by atoms with Crippen LogP contribution in [0.25, 0.3) is 21.8 Å². The molecule has 0 unspecified atom stereocenters. The van der Waals surface area contributed by atoms with E-state index < -0.39 is 0 Å². The highest BCUT2D eigenvalue weighted by molar-refractivity contribution is 6.08. The van der Waals surface area contributed by atoms with Gasteiger partial charge in [-0.25, -0.2) is 0 Å². The van der Waals surface area contributed by atoms with Crippen molar-refractivity contribution in [1.29, 1.82) is 0 Å². The molecule has 2 aromatic heterocycles. The molecule has 3 N–H and O–H groups in total. The van der Waals surface area contributed by atoms with E-state index in [2.05, 4.69) is 16.4 Å². The van der Waals surface area contributed by atoms with E-state index in [0.29, 0.717) is 11.4 Å². The standard InChI is InChI=1S/C19H16N4O/c20-15-6-2-3-7-16(15)22-19(24)12-23-17-8-4-1-5-13(17)14-9-10-21-11-18(14)23/h1-11H,12,20H2,(H,22,24). The molecule has 0 radical (unpaired) electrons. The summed E-state index contributed by atoms with van der Waals surface area (Å²) < 4.78 is 1.98. The SMILES string of the molecule is Nc1ccccc1NC(=O)Cn1c2ccccc2c2ccncc21. The summed E-state index contributed by atoms with van der Waals surface area (Å²) in [5.41, 5.74) is 9.02. The number of carbonyl (C=O) groups is 1. The van der Waals surface area contributed by atoms with E-state index in [1.807, 2.05) is 41.0 Å². The van der Waals surface area contributed by atoms with Crippen LogP contribution in [0.2, 0.25) is 0 Å². The zero-order chi connectivity index (χ0) is 16.5. The molecule has 0 saturated carbocycles. The van der Waals surface area contributed by atoms with Crippen molar-refractivity contribution < 1.29 is 4.79 Å². The minimum atomic E-state index is -0.126. The summed E-state index contributed by atoms with van der Waals surface area (Å²) >= 11 is 0. The van der Waals surface area contributed by atoms with Gasteiger partial charge in [0.25, 0.3) is 0 Å². The minimum Gasteiger partial charge on any atom is -0.397 e. The number of hydrogen-bond acceptors (Lipinski definition) is 3. The van der Waals surface area contributed by atoms with Gasteiger partial charge < -0.3 is 15.6 Å². The number of nitrogens with two attached hydrogens (primary N) is 1. The molecule has 0 aliphatic heterocycles. The molecule has 2 heterocycles. The van der Waals surface area contributed by atoms with Crippen molar-refractivity contribution in [3.63, 3.8) is 0 Å². The number of nitrogens with one attached hydrogen (secondary N) is 1. The molecule has 2 aromatic carbocycles. The molecule has 4 rings (SSSR count). The van der Waals surface area contributed by atoms with Crippen LogP contribution < -0.4 is 11.1 Å². The second kappa shape index (κ2) is 5.70. The van der Waals surface area contributed by atoms with Crippen molar-refractivity contribution in [2.45, 2.75) is 6.54 Å². The highest BCUT2D eigenvalue weighted by Gasteiger charge is 2.13. The summed E-state index contributed by atoms with van der Waals surface area (Å²) in [7, 11) is 0. The molecule has 118 valence electrons. The lowest BCUT2D eigenvalue weighted by Crippen LogP contribution is -2.19. The van der Waals surface area contributed by atoms with Gasteiger partial charge in [0.2, 0.25) is 5.91 Å². The Morgan fingerprint density at radius 2 is 1.75 bits per heavy atom. The molecule has 0 saturated heterocycles. The molecular weight excluding hydrogens is 300 g/mol. The molecule has 0 aliphatic rings. The molecule has 0 aliphatic carbocycles. The Kier molecular flexibility index (Phi) is 3.39. The van der Waals surface area contributed by atoms with Crippen LogP contribution in [0.3, 0.4) is 0 Å². The van der Waals surface area contributed by atoms with E-state index in [1.165, 1.54) is 0 Å². The molecule has 0 bridgehead atoms. The minimum absolute atomic E-state index is 0.126. The number of carbonyl (C=O) groups excluding carboxylic acids is 1. The first-order valence-electron chi connectivity index (χ1n) is 7.69. The molecule has 5 nitrogen and oxygen atoms in total. The third-order valence-electron chi connectivity index (χ3n) is 4.11. The Morgan fingerprint density at radius 1 is 1.00 bits per heavy atom. The predicted octanol–water partition coefficient (Wildman–Crippen LogP) is 3.41. The Balaban J connectivity index is 1.73. The molecule has 24 heavy (non-hydrogen) atoms. The van der Waals surface area contributed by atoms with Gasteiger partial charge in [-0.05, 0) is 24.3 Å². The Hall–Kier alpha value is -3.34. The van der Waals surface area contributed by atoms with E-state index in [9.17, 15) is 4.79 Å². The van der Waals surface area contributed by atoms with Gasteiger partial charge in [-0.15, -0.1) is 0 Å². The van der Waals surface area contributed by atoms with Crippen LogP contribution in [0.5, 0.6) is 0 Å². The lowest BCUT2D eigenvalue weighted by molar-refractivity contribution is -0.116. The van der Waals surface area contributed by atoms with Gasteiger partial charge in [-0.2, -0.15) is 0 Å². The van der Waals surface area contributed by atoms with Gasteiger partial charge in [0.15, 0.2) is 0 Å². The van der Waals surface area contributed by atoms with Gasteiger partial charge in [0, 0.05) is 22.5 Å². The molecule has 0 spiro atoms. The van der Waals surface area contributed by atoms with Gasteiger partial charge in [0.1, 0.15) is 6.54 Å². The number of amides is 1. The molecule has 0 atom stereocenters. The second-order valence-electron chi connectivity index (χ2n) is 5.63. The summed E-state index contributed by atoms with van der Waals surface area (Å²) in [6.45, 7) is 0.198. The summed E-state index contributed by atoms with van der Waals surface area (Å²) in [6.07, 6.45) is 3.56. The number of pyridine rings is 1. The molecule has 5 heteroatoms. The average Bonchev–Trinajstić information content (AvgIpc) is 2.92. The Labute approximate surface area is 138 Å². The van der Waals surface area contributed by atoms with Gasteiger partial charge in [0.05, 0.1) is 23.1 Å². The highest BCUT2D eigenvalue weighted by atomic mass is 16.1. The van der Waals surface area contributed by atoms with Crippen molar-refractivity contribution in [1.82, 2.24) is 9.55 Å². The second-order valence-corrected chi connectivity index (χ2v) is 5.63.